The molecule has 0 spiro atoms. The van der Waals surface area contributed by atoms with Crippen LogP contribution in [0.3, 0.4) is 0 Å². The summed E-state index contributed by atoms with van der Waals surface area (Å²) in [6.45, 7) is 3.74. The first-order chi connectivity index (χ1) is 6.77. The second-order valence-electron chi connectivity index (χ2n) is 3.87. The Kier molecular flexibility index (Phi) is 2.68. The molecule has 1 aliphatic heterocycles. The molecule has 1 aromatic rings. The summed E-state index contributed by atoms with van der Waals surface area (Å²) in [5, 5.41) is 0. The van der Waals surface area contributed by atoms with Gasteiger partial charge in [-0.3, -0.25) is 0 Å². The molecule has 2 N–H and O–H groups in total. The number of rotatable bonds is 1. The molecule has 2 rings (SSSR count). The first-order valence-corrected chi connectivity index (χ1v) is 5.07. The summed E-state index contributed by atoms with van der Waals surface area (Å²) in [4.78, 5) is 4.19. The maximum Gasteiger partial charge on any atom is 0.126 e. The van der Waals surface area contributed by atoms with Gasteiger partial charge in [-0.25, -0.2) is 4.98 Å². The fourth-order valence-corrected chi connectivity index (χ4v) is 1.94. The fraction of sp³-hybridized carbons (Fsp3) is 0.545. The molecule has 1 aromatic heterocycles. The van der Waals surface area contributed by atoms with Gasteiger partial charge in [0.05, 0.1) is 0 Å². The molecule has 0 unspecified atom stereocenters. The molecule has 1 saturated heterocycles. The molecule has 0 amide bonds. The third-order valence-corrected chi connectivity index (χ3v) is 2.75. The van der Waals surface area contributed by atoms with Crippen molar-refractivity contribution in [2.24, 2.45) is 0 Å². The normalized spacial score (nSPS) is 18.4. The molecule has 3 heteroatoms. The van der Waals surface area contributed by atoms with E-state index < -0.39 is 0 Å². The second kappa shape index (κ2) is 3.96. The Balaban J connectivity index is 2.24. The monoisotopic (exact) mass is 192 g/mol. The highest BCUT2D eigenvalue weighted by atomic mass is 16.5. The standard InChI is InChI=1S/C11H16N2O/c1-8-6-10(11(12)13-7-8)9-2-4-14-5-3-9/h6-7,9H,2-5H2,1H3,(H2,12,13). The van der Waals surface area contributed by atoms with Crippen LogP contribution in [0.25, 0.3) is 0 Å². The first-order valence-electron chi connectivity index (χ1n) is 5.07. The zero-order chi connectivity index (χ0) is 9.97. The van der Waals surface area contributed by atoms with Crippen LogP contribution in [-0.2, 0) is 4.74 Å². The third kappa shape index (κ3) is 1.87. The van der Waals surface area contributed by atoms with Crippen LogP contribution >= 0.6 is 0 Å². The number of ether oxygens (including phenoxy) is 1. The summed E-state index contributed by atoms with van der Waals surface area (Å²) in [5.41, 5.74) is 8.25. The zero-order valence-corrected chi connectivity index (χ0v) is 8.49. The predicted octanol–water partition coefficient (Wildman–Crippen LogP) is 1.87. The van der Waals surface area contributed by atoms with E-state index in [1.807, 2.05) is 6.20 Å². The maximum absolute atomic E-state index is 5.87. The second-order valence-corrected chi connectivity index (χ2v) is 3.87. The van der Waals surface area contributed by atoms with Crippen LogP contribution in [0, 0.1) is 6.92 Å². The van der Waals surface area contributed by atoms with Gasteiger partial charge in [0.25, 0.3) is 0 Å². The van der Waals surface area contributed by atoms with Gasteiger partial charge in [0.15, 0.2) is 0 Å². The van der Waals surface area contributed by atoms with Gasteiger partial charge in [-0.2, -0.15) is 0 Å². The van der Waals surface area contributed by atoms with Gasteiger partial charge in [-0.1, -0.05) is 6.07 Å². The van der Waals surface area contributed by atoms with Crippen LogP contribution < -0.4 is 5.73 Å². The molecule has 1 fully saturated rings. The number of aryl methyl sites for hydroxylation is 1. The summed E-state index contributed by atoms with van der Waals surface area (Å²) in [7, 11) is 0. The lowest BCUT2D eigenvalue weighted by molar-refractivity contribution is 0.0854. The van der Waals surface area contributed by atoms with Crippen molar-refractivity contribution in [1.29, 1.82) is 0 Å². The molecule has 0 aliphatic carbocycles. The van der Waals surface area contributed by atoms with E-state index >= 15 is 0 Å². The van der Waals surface area contributed by atoms with Crippen molar-refractivity contribution in [3.8, 4) is 0 Å². The van der Waals surface area contributed by atoms with E-state index in [0.29, 0.717) is 11.7 Å². The number of nitrogen functional groups attached to an aromatic ring is 1. The number of anilines is 1. The minimum Gasteiger partial charge on any atom is -0.383 e. The van der Waals surface area contributed by atoms with Gasteiger partial charge in [-0.05, 0) is 36.8 Å². The topological polar surface area (TPSA) is 48.1 Å². The Bertz CT molecular complexity index is 319. The van der Waals surface area contributed by atoms with E-state index in [0.717, 1.165) is 26.1 Å². The van der Waals surface area contributed by atoms with Crippen LogP contribution in [0.5, 0.6) is 0 Å². The summed E-state index contributed by atoms with van der Waals surface area (Å²) in [5.74, 6) is 1.22. The number of nitrogens with zero attached hydrogens (tertiary/aromatic N) is 1. The molecule has 2 heterocycles. The molecule has 0 bridgehead atoms. The van der Waals surface area contributed by atoms with E-state index in [-0.39, 0.29) is 0 Å². The highest BCUT2D eigenvalue weighted by Crippen LogP contribution is 2.30. The van der Waals surface area contributed by atoms with Crippen LogP contribution in [0.4, 0.5) is 5.82 Å². The third-order valence-electron chi connectivity index (χ3n) is 2.75. The van der Waals surface area contributed by atoms with Gasteiger partial charge in [0.1, 0.15) is 5.82 Å². The Morgan fingerprint density at radius 2 is 2.14 bits per heavy atom. The van der Waals surface area contributed by atoms with Crippen molar-refractivity contribution >= 4 is 5.82 Å². The molecule has 0 radical (unpaired) electrons. The van der Waals surface area contributed by atoms with Crippen LogP contribution in [0.15, 0.2) is 12.3 Å². The lowest BCUT2D eigenvalue weighted by Crippen LogP contribution is -2.15. The molecule has 0 aromatic carbocycles. The highest BCUT2D eigenvalue weighted by molar-refractivity contribution is 5.43. The molecule has 3 nitrogen and oxygen atoms in total. The van der Waals surface area contributed by atoms with E-state index in [4.69, 9.17) is 10.5 Å². The predicted molar refractivity (Wildman–Crippen MR) is 56.2 cm³/mol. The highest BCUT2D eigenvalue weighted by Gasteiger charge is 2.18. The largest absolute Gasteiger partial charge is 0.383 e. The SMILES string of the molecule is Cc1cnc(N)c(C2CCOCC2)c1. The molecular formula is C11H16N2O. The summed E-state index contributed by atoms with van der Waals surface area (Å²) < 4.78 is 5.33. The molecule has 0 atom stereocenters. The van der Waals surface area contributed by atoms with Crippen LogP contribution in [-0.4, -0.2) is 18.2 Å². The minimum absolute atomic E-state index is 0.538. The van der Waals surface area contributed by atoms with Gasteiger partial charge in [-0.15, -0.1) is 0 Å². The average molecular weight is 192 g/mol. The van der Waals surface area contributed by atoms with Crippen molar-refractivity contribution in [3.63, 3.8) is 0 Å². The smallest absolute Gasteiger partial charge is 0.126 e. The number of pyridine rings is 1. The van der Waals surface area contributed by atoms with E-state index in [1.54, 1.807) is 0 Å². The van der Waals surface area contributed by atoms with E-state index in [2.05, 4.69) is 18.0 Å². The van der Waals surface area contributed by atoms with Gasteiger partial charge in [0, 0.05) is 19.4 Å². The van der Waals surface area contributed by atoms with E-state index in [1.165, 1.54) is 11.1 Å². The number of hydrogen-bond acceptors (Lipinski definition) is 3. The lowest BCUT2D eigenvalue weighted by Gasteiger charge is -2.23. The lowest BCUT2D eigenvalue weighted by atomic mass is 9.91. The molecule has 1 aliphatic rings. The Labute approximate surface area is 84.3 Å². The Hall–Kier alpha value is -1.09. The van der Waals surface area contributed by atoms with Gasteiger partial charge < -0.3 is 10.5 Å². The van der Waals surface area contributed by atoms with Crippen molar-refractivity contribution < 1.29 is 4.74 Å². The average Bonchev–Trinajstić information content (AvgIpc) is 2.23. The quantitative estimate of drug-likeness (QED) is 0.739. The van der Waals surface area contributed by atoms with Crippen molar-refractivity contribution in [2.75, 3.05) is 18.9 Å². The van der Waals surface area contributed by atoms with E-state index in [9.17, 15) is 0 Å². The van der Waals surface area contributed by atoms with Gasteiger partial charge >= 0.3 is 0 Å². The molecule has 14 heavy (non-hydrogen) atoms. The van der Waals surface area contributed by atoms with Gasteiger partial charge in [0.2, 0.25) is 0 Å². The van der Waals surface area contributed by atoms with Crippen molar-refractivity contribution in [1.82, 2.24) is 4.98 Å². The Morgan fingerprint density at radius 3 is 2.86 bits per heavy atom. The first kappa shape index (κ1) is 9.46. The van der Waals surface area contributed by atoms with Crippen molar-refractivity contribution in [2.45, 2.75) is 25.7 Å². The molecule has 0 saturated carbocycles. The Morgan fingerprint density at radius 1 is 1.43 bits per heavy atom. The molecular weight excluding hydrogens is 176 g/mol. The van der Waals surface area contributed by atoms with Crippen molar-refractivity contribution in [3.05, 3.63) is 23.4 Å². The number of aromatic nitrogens is 1. The number of nitrogens with two attached hydrogens (primary N) is 1. The minimum atomic E-state index is 0.538. The summed E-state index contributed by atoms with van der Waals surface area (Å²) in [6.07, 6.45) is 3.95. The maximum atomic E-state index is 5.87. The zero-order valence-electron chi connectivity index (χ0n) is 8.49. The fourth-order valence-electron chi connectivity index (χ4n) is 1.94. The molecule has 76 valence electrons. The summed E-state index contributed by atoms with van der Waals surface area (Å²) >= 11 is 0. The number of hydrogen-bond donors (Lipinski definition) is 1. The van der Waals surface area contributed by atoms with Crippen LogP contribution in [0.1, 0.15) is 29.9 Å². The summed E-state index contributed by atoms with van der Waals surface area (Å²) in [6, 6.07) is 2.15. The van der Waals surface area contributed by atoms with Crippen LogP contribution in [0.2, 0.25) is 0 Å².